The van der Waals surface area contributed by atoms with E-state index < -0.39 is 0 Å². The number of hydrogen-bond donors (Lipinski definition) is 2. The van der Waals surface area contributed by atoms with Gasteiger partial charge < -0.3 is 0 Å². The van der Waals surface area contributed by atoms with Crippen LogP contribution in [0.3, 0.4) is 0 Å². The van der Waals surface area contributed by atoms with Gasteiger partial charge in [-0.25, -0.2) is 10.5 Å². The van der Waals surface area contributed by atoms with Gasteiger partial charge in [-0.15, -0.1) is 5.10 Å². The Morgan fingerprint density at radius 3 is 3.12 bits per heavy atom. The molecule has 0 aromatic carbocycles. The average Bonchev–Trinajstić information content (AvgIpc) is 3.04. The molecular weight excluding hydrogens is 228 g/mol. The number of thioether (sulfide) groups is 1. The lowest BCUT2D eigenvalue weighted by Gasteiger charge is -2.01. The molecule has 1 heterocycles. The Kier molecular flexibility index (Phi) is 3.73. The number of nitrogens with one attached hydrogen (secondary N) is 1. The summed E-state index contributed by atoms with van der Waals surface area (Å²) in [5.74, 6) is 5.66. The first-order chi connectivity index (χ1) is 7.81. The number of carbonyl (C=O) groups excluding carboxylic acids is 1. The van der Waals surface area contributed by atoms with Gasteiger partial charge in [0.25, 0.3) is 0 Å². The molecule has 0 spiro atoms. The molecule has 3 N–H and O–H groups in total. The first-order valence-corrected chi connectivity index (χ1v) is 6.20. The van der Waals surface area contributed by atoms with Crippen molar-refractivity contribution in [3.05, 3.63) is 0 Å². The second-order valence-corrected chi connectivity index (χ2v) is 4.72. The molecule has 1 aliphatic carbocycles. The largest absolute Gasteiger partial charge is 0.294 e. The second kappa shape index (κ2) is 5.26. The zero-order valence-corrected chi connectivity index (χ0v) is 9.61. The topological polar surface area (TPSA) is 98.7 Å². The molecule has 1 saturated carbocycles. The number of carbonyl (C=O) groups is 1. The maximum atomic E-state index is 10.9. The molecular formula is C8H14N6OS. The van der Waals surface area contributed by atoms with E-state index in [4.69, 9.17) is 5.84 Å². The number of rotatable bonds is 6. The van der Waals surface area contributed by atoms with Crippen LogP contribution < -0.4 is 11.3 Å². The third-order valence-electron chi connectivity index (χ3n) is 2.30. The Bertz CT molecular complexity index is 363. The lowest BCUT2D eigenvalue weighted by Crippen LogP contribution is -2.29. The summed E-state index contributed by atoms with van der Waals surface area (Å²) in [7, 11) is 0. The molecule has 16 heavy (non-hydrogen) atoms. The van der Waals surface area contributed by atoms with Crippen LogP contribution in [0.4, 0.5) is 0 Å². The van der Waals surface area contributed by atoms with Gasteiger partial charge in [-0.2, -0.15) is 0 Å². The Balaban J connectivity index is 1.72. The van der Waals surface area contributed by atoms with Crippen LogP contribution in [0.5, 0.6) is 0 Å². The predicted octanol–water partition coefficient (Wildman–Crippen LogP) is -0.130. The third-order valence-corrected chi connectivity index (χ3v) is 3.32. The van der Waals surface area contributed by atoms with Gasteiger partial charge in [0.15, 0.2) is 0 Å². The molecule has 1 aliphatic rings. The quantitative estimate of drug-likeness (QED) is 0.237. The number of amides is 1. The van der Waals surface area contributed by atoms with E-state index >= 15 is 0 Å². The van der Waals surface area contributed by atoms with E-state index in [-0.39, 0.29) is 5.91 Å². The highest BCUT2D eigenvalue weighted by molar-refractivity contribution is 7.99. The molecule has 0 aliphatic heterocycles. The summed E-state index contributed by atoms with van der Waals surface area (Å²) in [4.78, 5) is 10.9. The lowest BCUT2D eigenvalue weighted by molar-refractivity contribution is -0.121. The van der Waals surface area contributed by atoms with Crippen LogP contribution in [0.15, 0.2) is 5.16 Å². The second-order valence-electron chi connectivity index (χ2n) is 3.66. The predicted molar refractivity (Wildman–Crippen MR) is 58.4 cm³/mol. The molecule has 1 fully saturated rings. The van der Waals surface area contributed by atoms with E-state index in [1.807, 2.05) is 4.68 Å². The van der Waals surface area contributed by atoms with Crippen LogP contribution in [0, 0.1) is 0 Å². The molecule has 88 valence electrons. The van der Waals surface area contributed by atoms with Gasteiger partial charge in [-0.1, -0.05) is 11.8 Å². The highest BCUT2D eigenvalue weighted by Gasteiger charge is 2.27. The molecule has 0 saturated heterocycles. The Hall–Kier alpha value is -1.15. The molecule has 0 atom stereocenters. The van der Waals surface area contributed by atoms with Crippen LogP contribution in [0.25, 0.3) is 0 Å². The fourth-order valence-electron chi connectivity index (χ4n) is 1.30. The number of nitrogens with two attached hydrogens (primary N) is 1. The fraction of sp³-hybridized carbons (Fsp3) is 0.750. The zero-order chi connectivity index (χ0) is 11.4. The van der Waals surface area contributed by atoms with Crippen LogP contribution in [0.2, 0.25) is 0 Å². The summed E-state index contributed by atoms with van der Waals surface area (Å²) < 4.78 is 1.87. The summed E-state index contributed by atoms with van der Waals surface area (Å²) in [6.07, 6.45) is 3.53. The SMILES string of the molecule is NNC(=O)CCCSc1nnnn1C1CC1. The van der Waals surface area contributed by atoms with Gasteiger partial charge in [0.05, 0.1) is 6.04 Å². The van der Waals surface area contributed by atoms with Crippen molar-refractivity contribution in [1.29, 1.82) is 0 Å². The summed E-state index contributed by atoms with van der Waals surface area (Å²) in [5.41, 5.74) is 2.10. The van der Waals surface area contributed by atoms with Crippen molar-refractivity contribution in [3.63, 3.8) is 0 Å². The summed E-state index contributed by atoms with van der Waals surface area (Å²) in [6, 6.07) is 0.491. The minimum absolute atomic E-state index is 0.137. The van der Waals surface area contributed by atoms with Crippen LogP contribution in [-0.2, 0) is 4.79 Å². The molecule has 0 bridgehead atoms. The Morgan fingerprint density at radius 1 is 1.62 bits per heavy atom. The normalized spacial score (nSPS) is 15.1. The first-order valence-electron chi connectivity index (χ1n) is 5.21. The molecule has 7 nitrogen and oxygen atoms in total. The van der Waals surface area contributed by atoms with Crippen molar-refractivity contribution in [2.24, 2.45) is 5.84 Å². The molecule has 0 unspecified atom stereocenters. The smallest absolute Gasteiger partial charge is 0.233 e. The van der Waals surface area contributed by atoms with E-state index in [1.54, 1.807) is 11.8 Å². The van der Waals surface area contributed by atoms with Crippen molar-refractivity contribution in [3.8, 4) is 0 Å². The molecule has 1 aromatic rings. The Labute approximate surface area is 97.1 Å². The number of nitrogens with zero attached hydrogens (tertiary/aromatic N) is 4. The highest BCUT2D eigenvalue weighted by Crippen LogP contribution is 2.36. The molecule has 1 aromatic heterocycles. The van der Waals surface area contributed by atoms with Crippen molar-refractivity contribution in [2.75, 3.05) is 5.75 Å². The van der Waals surface area contributed by atoms with E-state index in [0.717, 1.165) is 30.2 Å². The van der Waals surface area contributed by atoms with E-state index in [1.165, 1.54) is 0 Å². The summed E-state index contributed by atoms with van der Waals surface area (Å²) in [5, 5.41) is 12.4. The van der Waals surface area contributed by atoms with Crippen molar-refractivity contribution in [2.45, 2.75) is 36.9 Å². The van der Waals surface area contributed by atoms with Gasteiger partial charge in [0, 0.05) is 12.2 Å². The molecule has 0 radical (unpaired) electrons. The summed E-state index contributed by atoms with van der Waals surface area (Å²) in [6.45, 7) is 0. The lowest BCUT2D eigenvalue weighted by atomic mass is 10.3. The molecule has 1 amide bonds. The number of aromatic nitrogens is 4. The van der Waals surface area contributed by atoms with E-state index in [0.29, 0.717) is 12.5 Å². The monoisotopic (exact) mass is 242 g/mol. The standard InChI is InChI=1S/C8H14N6OS/c9-10-7(15)2-1-5-16-8-11-12-13-14(8)6-3-4-6/h6H,1-5,9H2,(H,10,15). The fourth-order valence-corrected chi connectivity index (χ4v) is 2.18. The van der Waals surface area contributed by atoms with Gasteiger partial charge in [0.2, 0.25) is 11.1 Å². The minimum atomic E-state index is -0.137. The van der Waals surface area contributed by atoms with Crippen molar-refractivity contribution < 1.29 is 4.79 Å². The number of hydrogen-bond acceptors (Lipinski definition) is 6. The maximum Gasteiger partial charge on any atom is 0.233 e. The zero-order valence-electron chi connectivity index (χ0n) is 8.80. The minimum Gasteiger partial charge on any atom is -0.294 e. The number of hydrazine groups is 1. The van der Waals surface area contributed by atoms with Gasteiger partial charge in [-0.3, -0.25) is 10.2 Å². The first kappa shape index (κ1) is 11.3. The van der Waals surface area contributed by atoms with Gasteiger partial charge in [0.1, 0.15) is 0 Å². The van der Waals surface area contributed by atoms with Gasteiger partial charge >= 0.3 is 0 Å². The van der Waals surface area contributed by atoms with Crippen molar-refractivity contribution in [1.82, 2.24) is 25.6 Å². The van der Waals surface area contributed by atoms with Crippen LogP contribution in [0.1, 0.15) is 31.7 Å². The third kappa shape index (κ3) is 2.92. The molecule has 2 rings (SSSR count). The molecule has 8 heteroatoms. The van der Waals surface area contributed by atoms with Gasteiger partial charge in [-0.05, 0) is 29.7 Å². The Morgan fingerprint density at radius 2 is 2.44 bits per heavy atom. The summed E-state index contributed by atoms with van der Waals surface area (Å²) >= 11 is 1.58. The van der Waals surface area contributed by atoms with E-state index in [2.05, 4.69) is 21.0 Å². The van der Waals surface area contributed by atoms with Crippen molar-refractivity contribution >= 4 is 17.7 Å². The van der Waals surface area contributed by atoms with Crippen LogP contribution >= 0.6 is 11.8 Å². The number of tetrazole rings is 1. The maximum absolute atomic E-state index is 10.9. The average molecular weight is 242 g/mol. The highest BCUT2D eigenvalue weighted by atomic mass is 32.2. The van der Waals surface area contributed by atoms with Crippen LogP contribution in [-0.4, -0.2) is 31.9 Å². The van der Waals surface area contributed by atoms with E-state index in [9.17, 15) is 4.79 Å².